The van der Waals surface area contributed by atoms with E-state index in [9.17, 15) is 9.59 Å². The van der Waals surface area contributed by atoms with Crippen LogP contribution < -0.4 is 14.4 Å². The second kappa shape index (κ2) is 14.4. The van der Waals surface area contributed by atoms with Crippen molar-refractivity contribution in [1.29, 1.82) is 0 Å². The molecular formula is C46H39NO5. The summed E-state index contributed by atoms with van der Waals surface area (Å²) in [5, 5.41) is 0. The lowest BCUT2D eigenvalue weighted by molar-refractivity contribution is -0.152. The Morgan fingerprint density at radius 1 is 0.635 bits per heavy atom. The molecule has 0 saturated carbocycles. The van der Waals surface area contributed by atoms with Gasteiger partial charge in [-0.2, -0.15) is 0 Å². The first-order valence-corrected chi connectivity index (χ1v) is 17.2. The van der Waals surface area contributed by atoms with E-state index >= 15 is 0 Å². The predicted octanol–water partition coefficient (Wildman–Crippen LogP) is 10.5. The number of hydrogen-bond acceptors (Lipinski definition) is 6. The maximum Gasteiger partial charge on any atom is 0.349 e. The highest BCUT2D eigenvalue weighted by Gasteiger charge is 2.35. The molecule has 0 atom stereocenters. The fraction of sp³-hybridized carbons (Fsp3) is 0.130. The first-order chi connectivity index (χ1) is 25.2. The van der Waals surface area contributed by atoms with Crippen molar-refractivity contribution in [3.63, 3.8) is 0 Å². The third-order valence-corrected chi connectivity index (χ3v) is 9.49. The third-order valence-electron chi connectivity index (χ3n) is 9.49. The first kappa shape index (κ1) is 34.1. The zero-order valence-corrected chi connectivity index (χ0v) is 29.6. The van der Waals surface area contributed by atoms with Gasteiger partial charge >= 0.3 is 11.9 Å². The average Bonchev–Trinajstić information content (AvgIpc) is 3.40. The number of para-hydroxylation sites is 1. The molecule has 6 aromatic carbocycles. The van der Waals surface area contributed by atoms with Crippen LogP contribution in [0.5, 0.6) is 11.5 Å². The number of carbonyl (C=O) groups is 2. The monoisotopic (exact) mass is 685 g/mol. The lowest BCUT2D eigenvalue weighted by Gasteiger charge is -2.28. The van der Waals surface area contributed by atoms with Gasteiger partial charge in [0, 0.05) is 29.4 Å². The molecule has 52 heavy (non-hydrogen) atoms. The van der Waals surface area contributed by atoms with Crippen LogP contribution in [0.4, 0.5) is 17.1 Å². The molecule has 0 aliphatic heterocycles. The van der Waals surface area contributed by atoms with Crippen LogP contribution in [0.15, 0.2) is 146 Å². The number of nitrogens with zero attached hydrogens (tertiary/aromatic N) is 1. The summed E-state index contributed by atoms with van der Waals surface area (Å²) in [6, 6.07) is 49.8. The van der Waals surface area contributed by atoms with Gasteiger partial charge in [-0.15, -0.1) is 0 Å². The fourth-order valence-electron chi connectivity index (χ4n) is 6.87. The van der Waals surface area contributed by atoms with Crippen LogP contribution >= 0.6 is 0 Å². The number of hydrogen-bond donors (Lipinski definition) is 0. The van der Waals surface area contributed by atoms with Crippen LogP contribution in [0.2, 0.25) is 0 Å². The van der Waals surface area contributed by atoms with Gasteiger partial charge in [0.1, 0.15) is 11.5 Å². The minimum atomic E-state index is -0.646. The largest absolute Gasteiger partial charge is 0.497 e. The van der Waals surface area contributed by atoms with Gasteiger partial charge in [-0.25, -0.2) is 4.79 Å². The lowest BCUT2D eigenvalue weighted by Crippen LogP contribution is -2.17. The van der Waals surface area contributed by atoms with E-state index < -0.39 is 18.5 Å². The van der Waals surface area contributed by atoms with Crippen LogP contribution in [-0.4, -0.2) is 25.7 Å². The van der Waals surface area contributed by atoms with Gasteiger partial charge in [-0.3, -0.25) is 4.79 Å². The van der Waals surface area contributed by atoms with Crippen molar-refractivity contribution in [1.82, 2.24) is 0 Å². The van der Waals surface area contributed by atoms with Gasteiger partial charge in [0.15, 0.2) is 6.61 Å². The Kier molecular flexibility index (Phi) is 9.47. The molecule has 0 aromatic heterocycles. The molecule has 0 spiro atoms. The van der Waals surface area contributed by atoms with E-state index in [-0.39, 0.29) is 5.41 Å². The molecule has 0 fully saturated rings. The second-order valence-electron chi connectivity index (χ2n) is 13.2. The molecule has 1 aliphatic carbocycles. The number of methoxy groups -OCH3 is 1. The van der Waals surface area contributed by atoms with E-state index in [1.165, 1.54) is 29.2 Å². The van der Waals surface area contributed by atoms with Gasteiger partial charge in [-0.1, -0.05) is 98.8 Å². The Balaban J connectivity index is 1.23. The second-order valence-corrected chi connectivity index (χ2v) is 13.2. The smallest absolute Gasteiger partial charge is 0.349 e. The molecule has 258 valence electrons. The minimum absolute atomic E-state index is 0.111. The van der Waals surface area contributed by atoms with Crippen LogP contribution in [0.3, 0.4) is 0 Å². The van der Waals surface area contributed by atoms with Crippen molar-refractivity contribution >= 4 is 40.6 Å². The van der Waals surface area contributed by atoms with Crippen molar-refractivity contribution in [3.05, 3.63) is 173 Å². The van der Waals surface area contributed by atoms with Gasteiger partial charge < -0.3 is 19.1 Å². The summed E-state index contributed by atoms with van der Waals surface area (Å²) in [6.07, 6.45) is 2.15. The molecule has 0 bridgehead atoms. The van der Waals surface area contributed by atoms with E-state index in [2.05, 4.69) is 116 Å². The fourth-order valence-corrected chi connectivity index (χ4v) is 6.87. The summed E-state index contributed by atoms with van der Waals surface area (Å²) in [6.45, 7) is 5.42. The highest BCUT2D eigenvalue weighted by Crippen LogP contribution is 2.50. The van der Waals surface area contributed by atoms with E-state index in [0.717, 1.165) is 45.1 Å². The van der Waals surface area contributed by atoms with E-state index in [0.29, 0.717) is 5.75 Å². The number of carbonyl (C=O) groups excluding carboxylic acids is 2. The summed E-state index contributed by atoms with van der Waals surface area (Å²) in [5.41, 5.74) is 12.3. The molecule has 1 aliphatic rings. The zero-order valence-electron chi connectivity index (χ0n) is 29.6. The Hall–Kier alpha value is -6.40. The minimum Gasteiger partial charge on any atom is -0.497 e. The maximum atomic E-state index is 12.1. The topological polar surface area (TPSA) is 65.1 Å². The molecule has 6 heteroatoms. The Morgan fingerprint density at radius 3 is 1.87 bits per heavy atom. The van der Waals surface area contributed by atoms with Crippen LogP contribution in [0, 0.1) is 0 Å². The van der Waals surface area contributed by atoms with Gasteiger partial charge in [0.2, 0.25) is 0 Å². The summed E-state index contributed by atoms with van der Waals surface area (Å²) < 4.78 is 15.5. The van der Waals surface area contributed by atoms with Crippen LogP contribution in [0.1, 0.15) is 48.6 Å². The molecule has 0 saturated heterocycles. The van der Waals surface area contributed by atoms with E-state index in [1.54, 1.807) is 19.2 Å². The van der Waals surface area contributed by atoms with Crippen LogP contribution in [-0.2, 0) is 19.7 Å². The molecule has 0 radical (unpaired) electrons. The summed E-state index contributed by atoms with van der Waals surface area (Å²) in [4.78, 5) is 25.5. The summed E-state index contributed by atoms with van der Waals surface area (Å²) in [5.74, 6) is -0.0605. The highest BCUT2D eigenvalue weighted by molar-refractivity contribution is 5.92. The Bertz CT molecular complexity index is 2250. The van der Waals surface area contributed by atoms with Crippen molar-refractivity contribution < 1.29 is 23.8 Å². The average molecular weight is 686 g/mol. The molecule has 7 rings (SSSR count). The van der Waals surface area contributed by atoms with Gasteiger partial charge in [0.05, 0.1) is 7.11 Å². The van der Waals surface area contributed by atoms with E-state index in [1.807, 2.05) is 42.5 Å². The molecule has 6 aromatic rings. The molecule has 0 heterocycles. The number of rotatable bonds is 10. The summed E-state index contributed by atoms with van der Waals surface area (Å²) in [7, 11) is 1.65. The Morgan fingerprint density at radius 2 is 1.21 bits per heavy atom. The van der Waals surface area contributed by atoms with Crippen molar-refractivity contribution in [2.75, 3.05) is 18.6 Å². The normalized spacial score (nSPS) is 12.7. The van der Waals surface area contributed by atoms with E-state index in [4.69, 9.17) is 14.2 Å². The van der Waals surface area contributed by atoms with Crippen molar-refractivity contribution in [2.45, 2.75) is 26.2 Å². The Labute approximate surface area is 304 Å². The van der Waals surface area contributed by atoms with Gasteiger partial charge in [-0.05, 0) is 111 Å². The lowest BCUT2D eigenvalue weighted by atomic mass is 9.82. The number of fused-ring (bicyclic) bond motifs is 3. The van der Waals surface area contributed by atoms with Crippen molar-refractivity contribution in [2.24, 2.45) is 0 Å². The SMILES string of the molecule is COc1ccc(C(=Cc2ccc(N(c3ccccc3)c3ccc4c(c3)C(C)(C)c3ccccc3-4)cc2)c2ccc(OC(=O)COC(C)=O)cc2)cc1. The third kappa shape index (κ3) is 6.96. The summed E-state index contributed by atoms with van der Waals surface area (Å²) >= 11 is 0. The standard InChI is InChI=1S/C46H39NO5/c1-31(48)51-30-45(49)52-39-25-18-34(19-26-39)42(33-16-23-38(50-4)24-17-33)28-32-14-20-36(21-15-32)47(35-10-6-5-7-11-35)37-22-27-41-40-12-8-9-13-43(40)46(2,3)44(41)29-37/h5-29H,30H2,1-4H3. The quantitative estimate of drug-likeness (QED) is 0.0812. The molecular weight excluding hydrogens is 647 g/mol. The van der Waals surface area contributed by atoms with Gasteiger partial charge in [0.25, 0.3) is 0 Å². The molecule has 6 nitrogen and oxygen atoms in total. The highest BCUT2D eigenvalue weighted by atomic mass is 16.6. The number of benzene rings is 6. The predicted molar refractivity (Wildman–Crippen MR) is 207 cm³/mol. The van der Waals surface area contributed by atoms with Crippen LogP contribution in [0.25, 0.3) is 22.8 Å². The number of anilines is 3. The number of ether oxygens (including phenoxy) is 3. The molecule has 0 N–H and O–H groups in total. The maximum absolute atomic E-state index is 12.1. The molecule has 0 unspecified atom stereocenters. The number of esters is 2. The first-order valence-electron chi connectivity index (χ1n) is 17.2. The van der Waals surface area contributed by atoms with Crippen molar-refractivity contribution in [3.8, 4) is 22.6 Å². The zero-order chi connectivity index (χ0) is 36.2. The molecule has 0 amide bonds.